The van der Waals surface area contributed by atoms with Gasteiger partial charge in [-0.3, -0.25) is 9.63 Å². The van der Waals surface area contributed by atoms with E-state index in [9.17, 15) is 14.0 Å². The maximum atomic E-state index is 14.1. The summed E-state index contributed by atoms with van der Waals surface area (Å²) in [7, 11) is 1.30. The largest absolute Gasteiger partial charge is 0.474 e. The van der Waals surface area contributed by atoms with Gasteiger partial charge in [0.2, 0.25) is 5.76 Å². The van der Waals surface area contributed by atoms with Gasteiger partial charge in [-0.2, -0.15) is 0 Å². The number of benzene rings is 1. The number of aromatic amines is 1. The zero-order valence-corrected chi connectivity index (χ0v) is 15.2. The first-order valence-corrected chi connectivity index (χ1v) is 8.87. The number of ether oxygens (including phenoxy) is 1. The second-order valence-electron chi connectivity index (χ2n) is 6.34. The van der Waals surface area contributed by atoms with Gasteiger partial charge in [-0.05, 0) is 31.0 Å². The van der Waals surface area contributed by atoms with Gasteiger partial charge in [-0.15, -0.1) is 0 Å². The molecule has 3 rings (SSSR count). The third-order valence-electron chi connectivity index (χ3n) is 4.56. The molecule has 2 aromatic rings. The molecule has 1 aromatic heterocycles. The van der Waals surface area contributed by atoms with Crippen molar-refractivity contribution in [3.05, 3.63) is 47.1 Å². The van der Waals surface area contributed by atoms with Crippen LogP contribution in [0.1, 0.15) is 38.3 Å². The monoisotopic (exact) mass is 372 g/mol. The minimum absolute atomic E-state index is 0.0558. The fourth-order valence-electron chi connectivity index (χ4n) is 3.34. The van der Waals surface area contributed by atoms with Crippen LogP contribution < -0.4 is 5.48 Å². The lowest BCUT2D eigenvalue weighted by Gasteiger charge is -2.13. The molecule has 0 saturated carbocycles. The summed E-state index contributed by atoms with van der Waals surface area (Å²) in [6.07, 6.45) is 3.01. The van der Waals surface area contributed by atoms with Crippen molar-refractivity contribution in [1.29, 1.82) is 0 Å². The van der Waals surface area contributed by atoms with Gasteiger partial charge in [0.25, 0.3) is 5.91 Å². The summed E-state index contributed by atoms with van der Waals surface area (Å²) in [5, 5.41) is 0.405. The van der Waals surface area contributed by atoms with Crippen LogP contribution in [0.5, 0.6) is 0 Å². The zero-order chi connectivity index (χ0) is 19.4. The Balaban J connectivity index is 2.13. The van der Waals surface area contributed by atoms with Gasteiger partial charge < -0.3 is 9.72 Å². The molecule has 0 saturated heterocycles. The summed E-state index contributed by atoms with van der Waals surface area (Å²) in [6, 6.07) is 6.35. The van der Waals surface area contributed by atoms with Crippen LogP contribution in [0.15, 0.2) is 35.6 Å². The van der Waals surface area contributed by atoms with Crippen molar-refractivity contribution in [3.8, 4) is 0 Å². The van der Waals surface area contributed by atoms with E-state index in [1.165, 1.54) is 13.2 Å². The molecule has 1 aliphatic heterocycles. The first kappa shape index (κ1) is 18.9. The summed E-state index contributed by atoms with van der Waals surface area (Å²) in [5.74, 6) is 0.557. The number of hydroxylamine groups is 1. The maximum absolute atomic E-state index is 14.1. The Morgan fingerprint density at radius 3 is 2.89 bits per heavy atom. The summed E-state index contributed by atoms with van der Waals surface area (Å²) < 4.78 is 19.8. The van der Waals surface area contributed by atoms with Gasteiger partial charge in [-0.1, -0.05) is 25.8 Å². The zero-order valence-electron chi connectivity index (χ0n) is 15.2. The van der Waals surface area contributed by atoms with E-state index in [1.54, 1.807) is 24.1 Å². The van der Waals surface area contributed by atoms with E-state index in [-0.39, 0.29) is 17.1 Å². The number of fused-ring (bicyclic) bond motifs is 1. The fraction of sp³-hybridized carbons (Fsp3) is 0.350. The van der Waals surface area contributed by atoms with Crippen molar-refractivity contribution in [2.45, 2.75) is 38.7 Å². The van der Waals surface area contributed by atoms with Gasteiger partial charge in [0, 0.05) is 22.2 Å². The SMILES string of the molecule is CCCCCC1OC(=C=O)C(C(=O)NOC)=C1c1cc2c(F)cccc2[nH]1. The van der Waals surface area contributed by atoms with Crippen molar-refractivity contribution >= 4 is 28.3 Å². The Bertz CT molecular complexity index is 941. The van der Waals surface area contributed by atoms with Gasteiger partial charge in [0.15, 0.2) is 5.94 Å². The van der Waals surface area contributed by atoms with Gasteiger partial charge >= 0.3 is 0 Å². The molecule has 0 bridgehead atoms. The molecule has 7 heteroatoms. The van der Waals surface area contributed by atoms with E-state index in [1.807, 2.05) is 0 Å². The lowest BCUT2D eigenvalue weighted by Crippen LogP contribution is -2.24. The number of aromatic nitrogens is 1. The normalized spacial score (nSPS) is 16.6. The molecule has 0 aliphatic carbocycles. The van der Waals surface area contributed by atoms with Gasteiger partial charge in [-0.25, -0.2) is 14.7 Å². The van der Waals surface area contributed by atoms with E-state index >= 15 is 0 Å². The Morgan fingerprint density at radius 2 is 2.22 bits per heavy atom. The molecule has 1 unspecified atom stereocenters. The second kappa shape index (κ2) is 8.20. The number of amides is 1. The Labute approximate surface area is 156 Å². The highest BCUT2D eigenvalue weighted by Crippen LogP contribution is 2.39. The lowest BCUT2D eigenvalue weighted by atomic mass is 9.97. The highest BCUT2D eigenvalue weighted by Gasteiger charge is 2.37. The van der Waals surface area contributed by atoms with E-state index in [0.29, 0.717) is 28.6 Å². The number of nitrogens with one attached hydrogen (secondary N) is 2. The van der Waals surface area contributed by atoms with Crippen molar-refractivity contribution < 1.29 is 23.6 Å². The standard InChI is InChI=1S/C20H21FN2O4/c1-3-4-5-9-16-18(19(17(11-24)27-16)20(25)23-26-2)15-10-12-13(21)7-6-8-14(12)22-15/h6-8,10,16,22H,3-5,9H2,1-2H3,(H,23,25). The van der Waals surface area contributed by atoms with Crippen LogP contribution in [0, 0.1) is 5.82 Å². The number of H-pyrrole nitrogens is 1. The van der Waals surface area contributed by atoms with Crippen LogP contribution in [0.3, 0.4) is 0 Å². The molecule has 1 atom stereocenters. The highest BCUT2D eigenvalue weighted by atomic mass is 19.1. The van der Waals surface area contributed by atoms with E-state index < -0.39 is 12.0 Å². The molecule has 1 aromatic carbocycles. The van der Waals surface area contributed by atoms with Crippen molar-refractivity contribution in [3.63, 3.8) is 0 Å². The number of carbonyl (C=O) groups is 1. The first-order chi connectivity index (χ1) is 13.1. The number of hydrogen-bond acceptors (Lipinski definition) is 4. The maximum Gasteiger partial charge on any atom is 0.279 e. The molecule has 0 fully saturated rings. The van der Waals surface area contributed by atoms with Gasteiger partial charge in [0.05, 0.1) is 7.11 Å². The topological polar surface area (TPSA) is 80.4 Å². The van der Waals surface area contributed by atoms with Crippen LogP contribution in [-0.4, -0.2) is 30.0 Å². The molecule has 1 aliphatic rings. The summed E-state index contributed by atoms with van der Waals surface area (Å²) in [5.41, 5.74) is 3.91. The summed E-state index contributed by atoms with van der Waals surface area (Å²) >= 11 is 0. The third-order valence-corrected chi connectivity index (χ3v) is 4.56. The van der Waals surface area contributed by atoms with Gasteiger partial charge in [0.1, 0.15) is 17.5 Å². The van der Waals surface area contributed by atoms with E-state index in [0.717, 1.165) is 19.3 Å². The number of halogens is 1. The van der Waals surface area contributed by atoms with Crippen molar-refractivity contribution in [1.82, 2.24) is 10.5 Å². The average Bonchev–Trinajstić information content (AvgIpc) is 3.24. The molecule has 0 radical (unpaired) electrons. The smallest absolute Gasteiger partial charge is 0.279 e. The highest BCUT2D eigenvalue weighted by molar-refractivity contribution is 6.08. The Morgan fingerprint density at radius 1 is 1.41 bits per heavy atom. The number of rotatable bonds is 7. The minimum atomic E-state index is -0.608. The minimum Gasteiger partial charge on any atom is -0.474 e. The van der Waals surface area contributed by atoms with E-state index in [4.69, 9.17) is 9.57 Å². The fourth-order valence-corrected chi connectivity index (χ4v) is 3.34. The van der Waals surface area contributed by atoms with Crippen molar-refractivity contribution in [2.75, 3.05) is 7.11 Å². The molecule has 142 valence electrons. The molecule has 6 nitrogen and oxygen atoms in total. The average molecular weight is 372 g/mol. The predicted octanol–water partition coefficient (Wildman–Crippen LogP) is 3.43. The molecular formula is C20H21FN2O4. The molecule has 27 heavy (non-hydrogen) atoms. The van der Waals surface area contributed by atoms with E-state index in [2.05, 4.69) is 17.4 Å². The van der Waals surface area contributed by atoms with Crippen LogP contribution in [0.2, 0.25) is 0 Å². The van der Waals surface area contributed by atoms with Crippen LogP contribution in [0.25, 0.3) is 16.5 Å². The quantitative estimate of drug-likeness (QED) is 0.443. The Hall–Kier alpha value is -2.89. The molecular weight excluding hydrogens is 351 g/mol. The third kappa shape index (κ3) is 3.65. The second-order valence-corrected chi connectivity index (χ2v) is 6.34. The van der Waals surface area contributed by atoms with Crippen LogP contribution >= 0.6 is 0 Å². The molecule has 1 amide bonds. The first-order valence-electron chi connectivity index (χ1n) is 8.87. The Kier molecular flexibility index (Phi) is 5.74. The molecule has 2 heterocycles. The molecule has 2 N–H and O–H groups in total. The summed E-state index contributed by atoms with van der Waals surface area (Å²) in [4.78, 5) is 31.7. The number of unbranched alkanes of at least 4 members (excludes halogenated alkanes) is 2. The number of hydrogen-bond donors (Lipinski definition) is 2. The number of carbonyl (C=O) groups excluding carboxylic acids is 2. The van der Waals surface area contributed by atoms with Crippen LogP contribution in [0.4, 0.5) is 4.39 Å². The lowest BCUT2D eigenvalue weighted by molar-refractivity contribution is -0.127. The predicted molar refractivity (Wildman–Crippen MR) is 98.5 cm³/mol. The summed E-state index contributed by atoms with van der Waals surface area (Å²) in [6.45, 7) is 2.08. The molecule has 0 spiro atoms. The van der Waals surface area contributed by atoms with Crippen molar-refractivity contribution in [2.24, 2.45) is 0 Å². The van der Waals surface area contributed by atoms with Crippen LogP contribution in [-0.2, 0) is 19.2 Å².